The summed E-state index contributed by atoms with van der Waals surface area (Å²) in [5.74, 6) is -0.636. The molecule has 1 aromatic carbocycles. The molecule has 1 aliphatic rings. The van der Waals surface area contributed by atoms with Crippen LogP contribution in [0, 0.1) is 21.4 Å². The van der Waals surface area contributed by atoms with Crippen LogP contribution in [-0.2, 0) is 0 Å². The van der Waals surface area contributed by atoms with E-state index in [0.29, 0.717) is 24.7 Å². The molecular formula is C15H20N2O4. The average Bonchev–Trinajstić information content (AvgIpc) is 2.87. The van der Waals surface area contributed by atoms with Crippen LogP contribution in [0.5, 0.6) is 0 Å². The van der Waals surface area contributed by atoms with Crippen LogP contribution < -0.4 is 4.90 Å². The van der Waals surface area contributed by atoms with E-state index in [1.165, 1.54) is 18.2 Å². The summed E-state index contributed by atoms with van der Waals surface area (Å²) in [4.78, 5) is 23.7. The maximum atomic E-state index is 11.2. The molecule has 1 fully saturated rings. The second kappa shape index (κ2) is 5.35. The van der Waals surface area contributed by atoms with Crippen molar-refractivity contribution in [2.75, 3.05) is 18.0 Å². The summed E-state index contributed by atoms with van der Waals surface area (Å²) in [6, 6.07) is 3.97. The summed E-state index contributed by atoms with van der Waals surface area (Å²) in [5.41, 5.74) is 0.588. The molecule has 2 rings (SSSR count). The summed E-state index contributed by atoms with van der Waals surface area (Å²) in [6.07, 6.45) is 0.956. The van der Waals surface area contributed by atoms with Crippen LogP contribution >= 0.6 is 0 Å². The summed E-state index contributed by atoms with van der Waals surface area (Å²) >= 11 is 0. The Hall–Kier alpha value is -2.11. The molecule has 0 saturated carbocycles. The molecule has 1 saturated heterocycles. The van der Waals surface area contributed by atoms with E-state index >= 15 is 0 Å². The molecule has 1 aromatic rings. The van der Waals surface area contributed by atoms with Crippen molar-refractivity contribution < 1.29 is 14.8 Å². The molecular weight excluding hydrogens is 272 g/mol. The molecule has 0 amide bonds. The highest BCUT2D eigenvalue weighted by Gasteiger charge is 2.34. The SMILES string of the molecule is CC(C)(C)C1CCN(c2cc(C(=O)O)ccc2[N+](=O)[O-])C1. The highest BCUT2D eigenvalue weighted by molar-refractivity contribution is 5.90. The second-order valence-electron chi connectivity index (χ2n) is 6.56. The summed E-state index contributed by atoms with van der Waals surface area (Å²) in [5, 5.41) is 20.2. The largest absolute Gasteiger partial charge is 0.478 e. The van der Waals surface area contributed by atoms with E-state index in [9.17, 15) is 14.9 Å². The molecule has 1 heterocycles. The zero-order chi connectivity index (χ0) is 15.8. The zero-order valence-electron chi connectivity index (χ0n) is 12.5. The van der Waals surface area contributed by atoms with E-state index in [0.717, 1.165) is 6.42 Å². The smallest absolute Gasteiger partial charge is 0.335 e. The number of rotatable bonds is 3. The molecule has 0 aromatic heterocycles. The van der Waals surface area contributed by atoms with Crippen molar-refractivity contribution >= 4 is 17.3 Å². The van der Waals surface area contributed by atoms with Gasteiger partial charge in [-0.1, -0.05) is 20.8 Å². The Morgan fingerprint density at radius 2 is 2.10 bits per heavy atom. The first kappa shape index (κ1) is 15.3. The fourth-order valence-corrected chi connectivity index (χ4v) is 2.75. The van der Waals surface area contributed by atoms with Gasteiger partial charge in [0.25, 0.3) is 5.69 Å². The average molecular weight is 292 g/mol. The normalized spacial score (nSPS) is 18.8. The number of carboxylic acids is 1. The van der Waals surface area contributed by atoms with Crippen LogP contribution in [0.2, 0.25) is 0 Å². The molecule has 0 bridgehead atoms. The van der Waals surface area contributed by atoms with Gasteiger partial charge in [-0.2, -0.15) is 0 Å². The molecule has 6 heteroatoms. The van der Waals surface area contributed by atoms with Gasteiger partial charge in [-0.25, -0.2) is 4.79 Å². The van der Waals surface area contributed by atoms with Crippen molar-refractivity contribution in [3.8, 4) is 0 Å². The Bertz CT molecular complexity index is 578. The van der Waals surface area contributed by atoms with Crippen LogP contribution in [0.15, 0.2) is 18.2 Å². The number of carbonyl (C=O) groups is 1. The van der Waals surface area contributed by atoms with Gasteiger partial charge in [-0.15, -0.1) is 0 Å². The van der Waals surface area contributed by atoms with Crippen LogP contribution in [-0.4, -0.2) is 29.1 Å². The van der Waals surface area contributed by atoms with E-state index in [1.807, 2.05) is 4.90 Å². The standard InChI is InChI=1S/C15H20N2O4/c1-15(2,3)11-6-7-16(9-11)13-8-10(14(18)19)4-5-12(13)17(20)21/h4-5,8,11H,6-7,9H2,1-3H3,(H,18,19). The molecule has 21 heavy (non-hydrogen) atoms. The van der Waals surface area contributed by atoms with Gasteiger partial charge >= 0.3 is 5.97 Å². The molecule has 1 aliphatic heterocycles. The highest BCUT2D eigenvalue weighted by Crippen LogP contribution is 2.38. The fraction of sp³-hybridized carbons (Fsp3) is 0.533. The quantitative estimate of drug-likeness (QED) is 0.683. The third-order valence-electron chi connectivity index (χ3n) is 4.17. The molecule has 1 unspecified atom stereocenters. The van der Waals surface area contributed by atoms with Gasteiger partial charge in [-0.05, 0) is 29.9 Å². The van der Waals surface area contributed by atoms with Gasteiger partial charge in [0, 0.05) is 19.2 Å². The molecule has 0 spiro atoms. The van der Waals surface area contributed by atoms with Gasteiger partial charge in [0.05, 0.1) is 10.5 Å². The Balaban J connectivity index is 2.36. The highest BCUT2D eigenvalue weighted by atomic mass is 16.6. The van der Waals surface area contributed by atoms with Crippen molar-refractivity contribution in [1.29, 1.82) is 0 Å². The van der Waals surface area contributed by atoms with Crippen LogP contribution in [0.3, 0.4) is 0 Å². The number of hydrogen-bond donors (Lipinski definition) is 1. The number of aromatic carboxylic acids is 1. The lowest BCUT2D eigenvalue weighted by molar-refractivity contribution is -0.384. The van der Waals surface area contributed by atoms with Gasteiger partial charge in [0.2, 0.25) is 0 Å². The molecule has 114 valence electrons. The number of nitro groups is 1. The molecule has 6 nitrogen and oxygen atoms in total. The maximum absolute atomic E-state index is 11.2. The van der Waals surface area contributed by atoms with Crippen molar-refractivity contribution in [3.05, 3.63) is 33.9 Å². The molecule has 0 radical (unpaired) electrons. The van der Waals surface area contributed by atoms with E-state index in [2.05, 4.69) is 20.8 Å². The first-order valence-corrected chi connectivity index (χ1v) is 6.97. The molecule has 1 atom stereocenters. The molecule has 0 aliphatic carbocycles. The third-order valence-corrected chi connectivity index (χ3v) is 4.17. The number of anilines is 1. The van der Waals surface area contributed by atoms with Crippen LogP contribution in [0.1, 0.15) is 37.6 Å². The van der Waals surface area contributed by atoms with Crippen molar-refractivity contribution in [1.82, 2.24) is 0 Å². The summed E-state index contributed by atoms with van der Waals surface area (Å²) in [6.45, 7) is 7.90. The first-order chi connectivity index (χ1) is 9.70. The Morgan fingerprint density at radius 3 is 2.57 bits per heavy atom. The summed E-state index contributed by atoms with van der Waals surface area (Å²) < 4.78 is 0. The lowest BCUT2D eigenvalue weighted by atomic mass is 9.80. The van der Waals surface area contributed by atoms with Gasteiger partial charge < -0.3 is 10.0 Å². The lowest BCUT2D eigenvalue weighted by Crippen LogP contribution is -2.26. The number of nitro benzene ring substituents is 1. The van der Waals surface area contributed by atoms with Gasteiger partial charge in [0.15, 0.2) is 0 Å². The maximum Gasteiger partial charge on any atom is 0.335 e. The van der Waals surface area contributed by atoms with Crippen LogP contribution in [0.4, 0.5) is 11.4 Å². The van der Waals surface area contributed by atoms with E-state index < -0.39 is 10.9 Å². The predicted molar refractivity (Wildman–Crippen MR) is 79.8 cm³/mol. The van der Waals surface area contributed by atoms with Gasteiger partial charge in [-0.3, -0.25) is 10.1 Å². The Kier molecular flexibility index (Phi) is 3.89. The Labute approximate surface area is 123 Å². The monoisotopic (exact) mass is 292 g/mol. The number of hydrogen-bond acceptors (Lipinski definition) is 4. The predicted octanol–water partition coefficient (Wildman–Crippen LogP) is 3.17. The van der Waals surface area contributed by atoms with Crippen molar-refractivity contribution in [2.24, 2.45) is 11.3 Å². The van der Waals surface area contributed by atoms with E-state index in [1.54, 1.807) is 0 Å². The summed E-state index contributed by atoms with van der Waals surface area (Å²) in [7, 11) is 0. The number of carboxylic acid groups (broad SMARTS) is 1. The van der Waals surface area contributed by atoms with Crippen molar-refractivity contribution in [2.45, 2.75) is 27.2 Å². The fourth-order valence-electron chi connectivity index (χ4n) is 2.75. The minimum absolute atomic E-state index is 0.0328. The van der Waals surface area contributed by atoms with Gasteiger partial charge in [0.1, 0.15) is 5.69 Å². The van der Waals surface area contributed by atoms with Crippen molar-refractivity contribution in [3.63, 3.8) is 0 Å². The van der Waals surface area contributed by atoms with E-state index in [-0.39, 0.29) is 16.7 Å². The zero-order valence-corrected chi connectivity index (χ0v) is 12.5. The second-order valence-corrected chi connectivity index (χ2v) is 6.56. The van der Waals surface area contributed by atoms with E-state index in [4.69, 9.17) is 5.11 Å². The minimum atomic E-state index is -1.07. The third kappa shape index (κ3) is 3.15. The Morgan fingerprint density at radius 1 is 1.43 bits per heavy atom. The minimum Gasteiger partial charge on any atom is -0.478 e. The van der Waals surface area contributed by atoms with Crippen LogP contribution in [0.25, 0.3) is 0 Å². The topological polar surface area (TPSA) is 83.7 Å². The first-order valence-electron chi connectivity index (χ1n) is 6.97. The number of nitrogens with zero attached hydrogens (tertiary/aromatic N) is 2. The molecule has 1 N–H and O–H groups in total. The lowest BCUT2D eigenvalue weighted by Gasteiger charge is -2.27. The number of benzene rings is 1.